The summed E-state index contributed by atoms with van der Waals surface area (Å²) in [5, 5.41) is 3.19. The Bertz CT molecular complexity index is 215. The molecule has 0 aromatic carbocycles. The maximum absolute atomic E-state index is 11.9. The van der Waals surface area contributed by atoms with E-state index in [1.54, 1.807) is 0 Å². The minimum Gasteiger partial charge on any atom is -0.372 e. The second-order valence-corrected chi connectivity index (χ2v) is 5.18. The van der Waals surface area contributed by atoms with Crippen LogP contribution in [-0.4, -0.2) is 32.5 Å². The molecule has 0 aliphatic heterocycles. The maximum Gasteiger partial charge on any atom is 0.411 e. The predicted octanol–water partition coefficient (Wildman–Crippen LogP) is 3.51. The Morgan fingerprint density at radius 2 is 1.89 bits per heavy atom. The van der Waals surface area contributed by atoms with Crippen molar-refractivity contribution in [3.05, 3.63) is 0 Å². The van der Waals surface area contributed by atoms with Crippen molar-refractivity contribution in [1.82, 2.24) is 5.32 Å². The average Bonchev–Trinajstić information content (AvgIpc) is 2.33. The third kappa shape index (κ3) is 7.21. The van der Waals surface area contributed by atoms with Gasteiger partial charge in [0.2, 0.25) is 0 Å². The molecule has 1 saturated carbocycles. The van der Waals surface area contributed by atoms with Crippen LogP contribution in [-0.2, 0) is 4.74 Å². The van der Waals surface area contributed by atoms with E-state index >= 15 is 0 Å². The van der Waals surface area contributed by atoms with Crippen molar-refractivity contribution in [1.29, 1.82) is 0 Å². The second kappa shape index (κ2) is 8.00. The van der Waals surface area contributed by atoms with E-state index in [1.807, 2.05) is 7.05 Å². The van der Waals surface area contributed by atoms with Crippen molar-refractivity contribution in [3.8, 4) is 0 Å². The second-order valence-electron chi connectivity index (χ2n) is 5.18. The summed E-state index contributed by atoms with van der Waals surface area (Å²) < 4.78 is 40.3. The van der Waals surface area contributed by atoms with Crippen LogP contribution in [0, 0.1) is 5.92 Å². The van der Waals surface area contributed by atoms with Crippen LogP contribution >= 0.6 is 0 Å². The molecule has 0 spiro atoms. The van der Waals surface area contributed by atoms with E-state index in [9.17, 15) is 13.2 Å². The van der Waals surface area contributed by atoms with E-state index in [4.69, 9.17) is 0 Å². The molecule has 1 atom stereocenters. The van der Waals surface area contributed by atoms with Gasteiger partial charge in [0, 0.05) is 12.6 Å². The number of hydrogen-bond acceptors (Lipinski definition) is 2. The summed E-state index contributed by atoms with van der Waals surface area (Å²) in [5.41, 5.74) is 0. The van der Waals surface area contributed by atoms with Crippen LogP contribution in [0.25, 0.3) is 0 Å². The minimum absolute atomic E-state index is 0.178. The monoisotopic (exact) mass is 267 g/mol. The zero-order chi connectivity index (χ0) is 13.4. The molecule has 1 aliphatic carbocycles. The molecule has 0 amide bonds. The first-order valence-electron chi connectivity index (χ1n) is 6.83. The minimum atomic E-state index is -4.21. The largest absolute Gasteiger partial charge is 0.411 e. The van der Waals surface area contributed by atoms with Gasteiger partial charge in [-0.15, -0.1) is 0 Å². The van der Waals surface area contributed by atoms with Crippen LogP contribution in [0.15, 0.2) is 0 Å². The Hall–Kier alpha value is -0.290. The molecular weight excluding hydrogens is 243 g/mol. The van der Waals surface area contributed by atoms with Crippen LogP contribution in [0.5, 0.6) is 0 Å². The van der Waals surface area contributed by atoms with Crippen molar-refractivity contribution in [3.63, 3.8) is 0 Å². The van der Waals surface area contributed by atoms with Gasteiger partial charge in [-0.1, -0.05) is 32.1 Å². The fourth-order valence-corrected chi connectivity index (χ4v) is 2.62. The summed E-state index contributed by atoms with van der Waals surface area (Å²) in [4.78, 5) is 0. The molecule has 0 saturated heterocycles. The van der Waals surface area contributed by atoms with Crippen molar-refractivity contribution >= 4 is 0 Å². The third-order valence-electron chi connectivity index (χ3n) is 3.63. The molecular formula is C13H24F3NO. The Balaban J connectivity index is 2.12. The molecule has 1 unspecified atom stereocenters. The molecule has 0 radical (unpaired) electrons. The molecule has 108 valence electrons. The first-order valence-corrected chi connectivity index (χ1v) is 6.83. The normalized spacial score (nSPS) is 20.0. The van der Waals surface area contributed by atoms with Crippen LogP contribution < -0.4 is 5.32 Å². The molecule has 1 rings (SSSR count). The summed E-state index contributed by atoms with van der Waals surface area (Å²) in [7, 11) is 1.87. The van der Waals surface area contributed by atoms with Gasteiger partial charge in [0.25, 0.3) is 0 Å². The Kier molecular flexibility index (Phi) is 7.00. The van der Waals surface area contributed by atoms with E-state index in [2.05, 4.69) is 10.1 Å². The van der Waals surface area contributed by atoms with Crippen LogP contribution in [0.2, 0.25) is 0 Å². The van der Waals surface area contributed by atoms with E-state index < -0.39 is 12.8 Å². The number of alkyl halides is 3. The lowest BCUT2D eigenvalue weighted by Gasteiger charge is -2.26. The van der Waals surface area contributed by atoms with Gasteiger partial charge < -0.3 is 10.1 Å². The zero-order valence-corrected chi connectivity index (χ0v) is 11.1. The molecule has 2 nitrogen and oxygen atoms in total. The lowest BCUT2D eigenvalue weighted by Crippen LogP contribution is -2.30. The highest BCUT2D eigenvalue weighted by atomic mass is 19.4. The number of nitrogens with one attached hydrogen (secondary N) is 1. The number of ether oxygens (including phenoxy) is 1. The molecule has 5 heteroatoms. The molecule has 0 aromatic rings. The van der Waals surface area contributed by atoms with Crippen LogP contribution in [0.3, 0.4) is 0 Å². The van der Waals surface area contributed by atoms with Gasteiger partial charge in [-0.25, -0.2) is 0 Å². The SMILES string of the molecule is CNC(CCOCC(F)(F)F)CC1CCCCC1. The van der Waals surface area contributed by atoms with Crippen LogP contribution in [0.4, 0.5) is 13.2 Å². The zero-order valence-electron chi connectivity index (χ0n) is 11.1. The van der Waals surface area contributed by atoms with Crippen molar-refractivity contribution in [2.45, 2.75) is 57.2 Å². The number of hydrogen-bond donors (Lipinski definition) is 1. The quantitative estimate of drug-likeness (QED) is 0.713. The molecule has 0 heterocycles. The third-order valence-corrected chi connectivity index (χ3v) is 3.63. The Morgan fingerprint density at radius 1 is 1.22 bits per heavy atom. The Morgan fingerprint density at radius 3 is 2.44 bits per heavy atom. The Labute approximate surface area is 107 Å². The summed E-state index contributed by atoms with van der Waals surface area (Å²) >= 11 is 0. The van der Waals surface area contributed by atoms with Gasteiger partial charge in [-0.2, -0.15) is 13.2 Å². The molecule has 0 aromatic heterocycles. The highest BCUT2D eigenvalue weighted by Crippen LogP contribution is 2.27. The summed E-state index contributed by atoms with van der Waals surface area (Å²) in [6, 6.07) is 0.279. The fourth-order valence-electron chi connectivity index (χ4n) is 2.62. The summed E-state index contributed by atoms with van der Waals surface area (Å²) in [6.07, 6.45) is 3.96. The molecule has 1 fully saturated rings. The van der Waals surface area contributed by atoms with E-state index in [0.29, 0.717) is 6.42 Å². The fraction of sp³-hybridized carbons (Fsp3) is 1.00. The summed E-state index contributed by atoms with van der Waals surface area (Å²) in [6.45, 7) is -0.954. The molecule has 1 N–H and O–H groups in total. The van der Waals surface area contributed by atoms with Crippen molar-refractivity contribution in [2.24, 2.45) is 5.92 Å². The standard InChI is InChI=1S/C13H24F3NO/c1-17-12(7-8-18-10-13(14,15)16)9-11-5-3-2-4-6-11/h11-12,17H,2-10H2,1H3. The lowest BCUT2D eigenvalue weighted by molar-refractivity contribution is -0.174. The van der Waals surface area contributed by atoms with Gasteiger partial charge in [0.1, 0.15) is 6.61 Å². The molecule has 1 aliphatic rings. The van der Waals surface area contributed by atoms with Crippen molar-refractivity contribution < 1.29 is 17.9 Å². The van der Waals surface area contributed by atoms with Gasteiger partial charge in [-0.3, -0.25) is 0 Å². The molecule has 0 bridgehead atoms. The van der Waals surface area contributed by atoms with E-state index in [0.717, 1.165) is 12.3 Å². The molecule has 18 heavy (non-hydrogen) atoms. The highest BCUT2D eigenvalue weighted by Gasteiger charge is 2.27. The van der Waals surface area contributed by atoms with Crippen molar-refractivity contribution in [2.75, 3.05) is 20.3 Å². The lowest BCUT2D eigenvalue weighted by atomic mass is 9.84. The summed E-state index contributed by atoms with van der Waals surface area (Å²) in [5.74, 6) is 0.735. The first-order chi connectivity index (χ1) is 8.51. The maximum atomic E-state index is 11.9. The number of halogens is 3. The van der Waals surface area contributed by atoms with Crippen LogP contribution in [0.1, 0.15) is 44.9 Å². The smallest absolute Gasteiger partial charge is 0.372 e. The predicted molar refractivity (Wildman–Crippen MR) is 65.5 cm³/mol. The van der Waals surface area contributed by atoms with Gasteiger partial charge in [-0.05, 0) is 25.8 Å². The average molecular weight is 267 g/mol. The first kappa shape index (κ1) is 15.8. The van der Waals surface area contributed by atoms with Gasteiger partial charge >= 0.3 is 6.18 Å². The van der Waals surface area contributed by atoms with Gasteiger partial charge in [0.05, 0.1) is 0 Å². The highest BCUT2D eigenvalue weighted by molar-refractivity contribution is 4.73. The van der Waals surface area contributed by atoms with Gasteiger partial charge in [0.15, 0.2) is 0 Å². The number of rotatable bonds is 7. The topological polar surface area (TPSA) is 21.3 Å². The van der Waals surface area contributed by atoms with E-state index in [1.165, 1.54) is 32.1 Å². The van der Waals surface area contributed by atoms with E-state index in [-0.39, 0.29) is 12.6 Å².